The molecule has 5 heteroatoms. The first kappa shape index (κ1) is 19.2. The normalized spacial score (nSPS) is 16.6. The third-order valence-corrected chi connectivity index (χ3v) is 7.55. The number of benzene rings is 4. The third kappa shape index (κ3) is 2.75. The molecule has 0 spiro atoms. The Balaban J connectivity index is 1.31. The van der Waals surface area contributed by atoms with Crippen LogP contribution in [0.5, 0.6) is 28.7 Å². The summed E-state index contributed by atoms with van der Waals surface area (Å²) in [6.07, 6.45) is 4.35. The highest BCUT2D eigenvalue weighted by atomic mass is 16.5. The number of ether oxygens (including phenoxy) is 3. The predicted octanol–water partition coefficient (Wildman–Crippen LogP) is 5.73. The number of rotatable bonds is 1. The Hall–Kier alpha value is -4.12. The predicted molar refractivity (Wildman–Crippen MR) is 139 cm³/mol. The number of allylic oxidation sites excluding steroid dienone is 2. The summed E-state index contributed by atoms with van der Waals surface area (Å²) in [5.41, 5.74) is 6.92. The molecular formula is C30H22BNO3. The van der Waals surface area contributed by atoms with Gasteiger partial charge in [0.15, 0.2) is 5.75 Å². The van der Waals surface area contributed by atoms with Gasteiger partial charge in [0, 0.05) is 23.6 Å². The van der Waals surface area contributed by atoms with E-state index in [1.165, 1.54) is 29.5 Å². The first-order chi connectivity index (χ1) is 17.3. The van der Waals surface area contributed by atoms with Crippen LogP contribution in [0.3, 0.4) is 0 Å². The van der Waals surface area contributed by atoms with Crippen LogP contribution in [0.2, 0.25) is 0 Å². The molecule has 0 saturated heterocycles. The van der Waals surface area contributed by atoms with Crippen LogP contribution in [0, 0.1) is 0 Å². The highest BCUT2D eigenvalue weighted by molar-refractivity contribution is 6.98. The Labute approximate surface area is 204 Å². The number of anilines is 2. The van der Waals surface area contributed by atoms with Crippen molar-refractivity contribution in [2.24, 2.45) is 0 Å². The van der Waals surface area contributed by atoms with Crippen LogP contribution in [0.25, 0.3) is 0 Å². The van der Waals surface area contributed by atoms with E-state index in [9.17, 15) is 0 Å². The zero-order valence-corrected chi connectivity index (χ0v) is 19.2. The molecule has 0 bridgehead atoms. The van der Waals surface area contributed by atoms with Crippen molar-refractivity contribution in [3.63, 3.8) is 0 Å². The molecule has 35 heavy (non-hydrogen) atoms. The number of para-hydroxylation sites is 3. The Kier molecular flexibility index (Phi) is 3.95. The average Bonchev–Trinajstić information content (AvgIpc) is 2.91. The van der Waals surface area contributed by atoms with E-state index in [1.807, 2.05) is 30.3 Å². The summed E-state index contributed by atoms with van der Waals surface area (Å²) in [6, 6.07) is 29.4. The average molecular weight is 455 g/mol. The third-order valence-electron chi connectivity index (χ3n) is 7.55. The zero-order chi connectivity index (χ0) is 22.9. The van der Waals surface area contributed by atoms with Gasteiger partial charge in [0.25, 0.3) is 6.71 Å². The van der Waals surface area contributed by atoms with E-state index >= 15 is 0 Å². The fourth-order valence-corrected chi connectivity index (χ4v) is 6.01. The maximum Gasteiger partial charge on any atom is 0.260 e. The van der Waals surface area contributed by atoms with Crippen molar-refractivity contribution in [1.29, 1.82) is 0 Å². The maximum absolute atomic E-state index is 6.54. The first-order valence-electron chi connectivity index (χ1n) is 12.4. The minimum Gasteiger partial charge on any atom is -0.458 e. The van der Waals surface area contributed by atoms with Crippen molar-refractivity contribution in [3.05, 3.63) is 96.4 Å². The molecule has 1 aliphatic carbocycles. The van der Waals surface area contributed by atoms with E-state index in [0.29, 0.717) is 0 Å². The lowest BCUT2D eigenvalue weighted by Gasteiger charge is -2.38. The monoisotopic (exact) mass is 455 g/mol. The fraction of sp³-hybridized carbons (Fsp3) is 0.133. The van der Waals surface area contributed by atoms with Crippen LogP contribution in [-0.2, 0) is 0 Å². The molecule has 0 unspecified atom stereocenters. The van der Waals surface area contributed by atoms with E-state index in [2.05, 4.69) is 59.5 Å². The zero-order valence-electron chi connectivity index (χ0n) is 19.2. The molecule has 0 atom stereocenters. The van der Waals surface area contributed by atoms with Crippen LogP contribution >= 0.6 is 0 Å². The topological polar surface area (TPSA) is 30.9 Å². The van der Waals surface area contributed by atoms with Gasteiger partial charge in [0.2, 0.25) is 0 Å². The molecule has 0 radical (unpaired) electrons. The Morgan fingerprint density at radius 1 is 0.600 bits per heavy atom. The van der Waals surface area contributed by atoms with Crippen molar-refractivity contribution < 1.29 is 14.2 Å². The summed E-state index contributed by atoms with van der Waals surface area (Å²) < 4.78 is 19.1. The molecule has 0 aromatic heterocycles. The minimum atomic E-state index is 0.0883. The first-order valence-corrected chi connectivity index (χ1v) is 12.4. The molecule has 4 nitrogen and oxygen atoms in total. The van der Waals surface area contributed by atoms with Crippen LogP contribution in [0.1, 0.15) is 25.7 Å². The van der Waals surface area contributed by atoms with Gasteiger partial charge in [0.1, 0.15) is 28.8 Å². The van der Waals surface area contributed by atoms with Gasteiger partial charge in [0.05, 0.1) is 11.4 Å². The van der Waals surface area contributed by atoms with Gasteiger partial charge in [-0.05, 0) is 66.6 Å². The van der Waals surface area contributed by atoms with Crippen LogP contribution in [0.15, 0.2) is 96.4 Å². The quantitative estimate of drug-likeness (QED) is 0.297. The lowest BCUT2D eigenvalue weighted by Crippen LogP contribution is -2.57. The van der Waals surface area contributed by atoms with Gasteiger partial charge in [-0.2, -0.15) is 0 Å². The minimum absolute atomic E-state index is 0.0883. The lowest BCUT2D eigenvalue weighted by atomic mass is 9.35. The smallest absolute Gasteiger partial charge is 0.260 e. The van der Waals surface area contributed by atoms with Crippen molar-refractivity contribution in [3.8, 4) is 28.7 Å². The summed E-state index contributed by atoms with van der Waals surface area (Å²) in [6.45, 7) is 0.0883. The summed E-state index contributed by atoms with van der Waals surface area (Å²) in [5.74, 6) is 5.57. The van der Waals surface area contributed by atoms with E-state index in [1.54, 1.807) is 0 Å². The van der Waals surface area contributed by atoms with Crippen LogP contribution < -0.4 is 35.5 Å². The Morgan fingerprint density at radius 2 is 1.31 bits per heavy atom. The molecule has 0 N–H and O–H groups in total. The van der Waals surface area contributed by atoms with E-state index < -0.39 is 0 Å². The second-order valence-corrected chi connectivity index (χ2v) is 9.55. The van der Waals surface area contributed by atoms with Crippen molar-refractivity contribution in [2.45, 2.75) is 25.7 Å². The lowest BCUT2D eigenvalue weighted by molar-refractivity contribution is 0.363. The van der Waals surface area contributed by atoms with Gasteiger partial charge < -0.3 is 19.1 Å². The van der Waals surface area contributed by atoms with E-state index in [0.717, 1.165) is 64.2 Å². The SMILES string of the molecule is c1ccc2c(c1)Oc1cccc3c1B2c1ccc(N2C4=C(CCCC4)Oc4ccccc42)cc1O3. The van der Waals surface area contributed by atoms with Crippen molar-refractivity contribution >= 4 is 34.5 Å². The molecule has 4 aromatic rings. The molecular weight excluding hydrogens is 433 g/mol. The van der Waals surface area contributed by atoms with Gasteiger partial charge in [-0.1, -0.05) is 42.5 Å². The second kappa shape index (κ2) is 7.19. The number of nitrogens with zero attached hydrogens (tertiary/aromatic N) is 1. The van der Waals surface area contributed by atoms with Crippen molar-refractivity contribution in [1.82, 2.24) is 0 Å². The number of fused-ring (bicyclic) bond motifs is 5. The molecule has 3 aliphatic heterocycles. The Bertz CT molecular complexity index is 1560. The highest BCUT2D eigenvalue weighted by Gasteiger charge is 2.40. The highest BCUT2D eigenvalue weighted by Crippen LogP contribution is 2.47. The second-order valence-electron chi connectivity index (χ2n) is 9.55. The van der Waals surface area contributed by atoms with Crippen molar-refractivity contribution in [2.75, 3.05) is 4.90 Å². The summed E-state index contributed by atoms with van der Waals surface area (Å²) >= 11 is 0. The standard InChI is InChI=1S/C30H22BNO3/c1-4-11-24-20(8-1)31-21-17-16-19(18-29(21)35-28-15-7-14-27(33-24)30(28)31)32-22-9-2-5-12-25(22)34-26-13-6-3-10-23(26)32/h1-2,4-5,7-9,11-12,14-18H,3,6,10,13H2. The molecule has 4 aliphatic rings. The molecule has 4 aromatic carbocycles. The molecule has 0 saturated carbocycles. The number of hydrogen-bond acceptors (Lipinski definition) is 4. The molecule has 8 rings (SSSR count). The fourth-order valence-electron chi connectivity index (χ4n) is 6.01. The van der Waals surface area contributed by atoms with Gasteiger partial charge in [-0.3, -0.25) is 0 Å². The van der Waals surface area contributed by atoms with Gasteiger partial charge in [-0.25, -0.2) is 0 Å². The summed E-state index contributed by atoms with van der Waals surface area (Å²) in [7, 11) is 0. The Morgan fingerprint density at radius 3 is 2.23 bits per heavy atom. The molecule has 168 valence electrons. The van der Waals surface area contributed by atoms with Gasteiger partial charge in [-0.15, -0.1) is 0 Å². The molecule has 3 heterocycles. The van der Waals surface area contributed by atoms with Crippen LogP contribution in [-0.4, -0.2) is 6.71 Å². The molecule has 0 amide bonds. The van der Waals surface area contributed by atoms with Crippen LogP contribution in [0.4, 0.5) is 11.4 Å². The number of hydrogen-bond donors (Lipinski definition) is 0. The van der Waals surface area contributed by atoms with E-state index in [-0.39, 0.29) is 6.71 Å². The van der Waals surface area contributed by atoms with Gasteiger partial charge >= 0.3 is 0 Å². The van der Waals surface area contributed by atoms with E-state index in [4.69, 9.17) is 14.2 Å². The summed E-state index contributed by atoms with van der Waals surface area (Å²) in [5, 5.41) is 0. The maximum atomic E-state index is 6.54. The largest absolute Gasteiger partial charge is 0.458 e. The summed E-state index contributed by atoms with van der Waals surface area (Å²) in [4.78, 5) is 2.38. The molecule has 0 fully saturated rings.